The van der Waals surface area contributed by atoms with Gasteiger partial charge in [0.05, 0.1) is 24.8 Å². The predicted molar refractivity (Wildman–Crippen MR) is 112 cm³/mol. The molecule has 1 amide bonds. The van der Waals surface area contributed by atoms with Gasteiger partial charge in [-0.1, -0.05) is 18.2 Å². The normalized spacial score (nSPS) is 22.9. The summed E-state index contributed by atoms with van der Waals surface area (Å²) in [6.07, 6.45) is 1.39. The number of carbonyl (C=O) groups excluding carboxylic acids is 2. The average Bonchev–Trinajstić information content (AvgIpc) is 3.36. The number of ether oxygens (including phenoxy) is 2. The largest absolute Gasteiger partial charge is 0.507 e. The van der Waals surface area contributed by atoms with Crippen LogP contribution >= 0.6 is 0 Å². The van der Waals surface area contributed by atoms with E-state index in [1.807, 2.05) is 0 Å². The summed E-state index contributed by atoms with van der Waals surface area (Å²) in [5, 5.41) is 11.1. The molecule has 2 aromatic rings. The highest BCUT2D eigenvalue weighted by atomic mass is 19.1. The Morgan fingerprint density at radius 2 is 2.03 bits per heavy atom. The van der Waals surface area contributed by atoms with Crippen molar-refractivity contribution in [2.24, 2.45) is 0 Å². The minimum atomic E-state index is -1.04. The molecule has 0 radical (unpaired) electrons. The molecule has 6 nitrogen and oxygen atoms in total. The van der Waals surface area contributed by atoms with Crippen molar-refractivity contribution in [1.82, 2.24) is 4.90 Å². The Labute approximate surface area is 179 Å². The summed E-state index contributed by atoms with van der Waals surface area (Å²) >= 11 is 0. The van der Waals surface area contributed by atoms with Gasteiger partial charge in [-0.2, -0.15) is 0 Å². The summed E-state index contributed by atoms with van der Waals surface area (Å²) in [6, 6.07) is 9.95. The summed E-state index contributed by atoms with van der Waals surface area (Å²) < 4.78 is 25.6. The molecule has 2 fully saturated rings. The molecule has 2 aromatic carbocycles. The van der Waals surface area contributed by atoms with Gasteiger partial charge < -0.3 is 19.5 Å². The summed E-state index contributed by atoms with van der Waals surface area (Å²) in [4.78, 5) is 27.3. The standard InChI is InChI=1S/C24H24FNO5/c1-14-12-15(30-2)9-10-17(14)22(27)20-21(18-7-3-4-8-19(18)25)26(24(29)23(20)28)13-16-6-5-11-31-16/h3-4,7-10,12,16,21,27H,5-6,11,13H2,1-2H3/b22-20+. The Balaban J connectivity index is 1.86. The third kappa shape index (κ3) is 3.81. The van der Waals surface area contributed by atoms with Gasteiger partial charge in [-0.3, -0.25) is 9.59 Å². The molecule has 1 N–H and O–H groups in total. The number of carbonyl (C=O) groups is 2. The van der Waals surface area contributed by atoms with Crippen LogP contribution in [0.1, 0.15) is 35.6 Å². The van der Waals surface area contributed by atoms with Gasteiger partial charge in [-0.05, 0) is 49.6 Å². The molecule has 2 aliphatic heterocycles. The fourth-order valence-electron chi connectivity index (χ4n) is 4.27. The van der Waals surface area contributed by atoms with Gasteiger partial charge in [0.25, 0.3) is 11.7 Å². The Bertz CT molecular complexity index is 1060. The van der Waals surface area contributed by atoms with E-state index in [4.69, 9.17) is 9.47 Å². The number of methoxy groups -OCH3 is 1. The monoisotopic (exact) mass is 425 g/mol. The van der Waals surface area contributed by atoms with Crippen LogP contribution in [0.15, 0.2) is 48.0 Å². The van der Waals surface area contributed by atoms with Gasteiger partial charge in [0, 0.05) is 24.3 Å². The van der Waals surface area contributed by atoms with Gasteiger partial charge in [-0.25, -0.2) is 4.39 Å². The molecule has 7 heteroatoms. The predicted octanol–water partition coefficient (Wildman–Crippen LogP) is 3.74. The lowest BCUT2D eigenvalue weighted by Gasteiger charge is -2.27. The lowest BCUT2D eigenvalue weighted by Crippen LogP contribution is -2.36. The highest BCUT2D eigenvalue weighted by Gasteiger charge is 2.47. The van der Waals surface area contributed by atoms with Crippen molar-refractivity contribution < 1.29 is 28.6 Å². The zero-order valence-electron chi connectivity index (χ0n) is 17.4. The summed E-state index contributed by atoms with van der Waals surface area (Å²) in [6.45, 7) is 2.50. The number of aliphatic hydroxyl groups is 1. The number of Topliss-reactive ketones (excluding diaryl/α,β-unsaturated/α-hetero) is 1. The molecule has 2 unspecified atom stereocenters. The topological polar surface area (TPSA) is 76.1 Å². The SMILES string of the molecule is COc1ccc(/C(O)=C2\C(=O)C(=O)N(CC3CCCO3)C2c2ccccc2F)c(C)c1. The van der Waals surface area contributed by atoms with E-state index >= 15 is 0 Å². The summed E-state index contributed by atoms with van der Waals surface area (Å²) in [5.74, 6) is -1.89. The first-order valence-electron chi connectivity index (χ1n) is 10.2. The van der Waals surface area contributed by atoms with Crippen molar-refractivity contribution in [3.8, 4) is 5.75 Å². The fourth-order valence-corrected chi connectivity index (χ4v) is 4.27. The van der Waals surface area contributed by atoms with Gasteiger partial charge in [-0.15, -0.1) is 0 Å². The first-order valence-corrected chi connectivity index (χ1v) is 10.2. The zero-order chi connectivity index (χ0) is 22.1. The zero-order valence-corrected chi connectivity index (χ0v) is 17.4. The van der Waals surface area contributed by atoms with E-state index < -0.39 is 23.5 Å². The van der Waals surface area contributed by atoms with Crippen molar-refractivity contribution >= 4 is 17.4 Å². The molecule has 4 rings (SSSR count). The number of rotatable bonds is 5. The number of aliphatic hydroxyl groups excluding tert-OH is 1. The third-order valence-electron chi connectivity index (χ3n) is 5.85. The van der Waals surface area contributed by atoms with Crippen molar-refractivity contribution in [2.45, 2.75) is 31.9 Å². The van der Waals surface area contributed by atoms with E-state index in [1.54, 1.807) is 37.3 Å². The Kier molecular flexibility index (Phi) is 5.78. The number of ketones is 1. The number of benzene rings is 2. The summed E-state index contributed by atoms with van der Waals surface area (Å²) in [7, 11) is 1.53. The number of amides is 1. The van der Waals surface area contributed by atoms with E-state index in [0.29, 0.717) is 23.5 Å². The van der Waals surface area contributed by atoms with Crippen LogP contribution in [0.2, 0.25) is 0 Å². The van der Waals surface area contributed by atoms with E-state index in [9.17, 15) is 19.1 Å². The molecule has 0 bridgehead atoms. The maximum Gasteiger partial charge on any atom is 0.295 e. The number of hydrogen-bond acceptors (Lipinski definition) is 5. The van der Waals surface area contributed by atoms with Gasteiger partial charge in [0.1, 0.15) is 17.3 Å². The van der Waals surface area contributed by atoms with Crippen LogP contribution in [0, 0.1) is 12.7 Å². The molecule has 31 heavy (non-hydrogen) atoms. The van der Waals surface area contributed by atoms with Crippen LogP contribution in [0.3, 0.4) is 0 Å². The molecule has 0 saturated carbocycles. The quantitative estimate of drug-likeness (QED) is 0.449. The number of likely N-dealkylation sites (tertiary alicyclic amines) is 1. The molecule has 0 spiro atoms. The Hall–Kier alpha value is -3.19. The molecule has 2 aliphatic rings. The third-order valence-corrected chi connectivity index (χ3v) is 5.85. The van der Waals surface area contributed by atoms with E-state index in [0.717, 1.165) is 12.8 Å². The minimum absolute atomic E-state index is 0.124. The highest BCUT2D eigenvalue weighted by Crippen LogP contribution is 2.41. The lowest BCUT2D eigenvalue weighted by molar-refractivity contribution is -0.140. The van der Waals surface area contributed by atoms with Crippen LogP contribution in [-0.2, 0) is 14.3 Å². The molecule has 0 aliphatic carbocycles. The molecular weight excluding hydrogens is 401 g/mol. The molecular formula is C24H24FNO5. The molecule has 2 atom stereocenters. The van der Waals surface area contributed by atoms with Crippen molar-refractivity contribution in [3.63, 3.8) is 0 Å². The smallest absolute Gasteiger partial charge is 0.295 e. The lowest BCUT2D eigenvalue weighted by atomic mass is 9.93. The second-order valence-corrected chi connectivity index (χ2v) is 7.79. The number of nitrogens with zero attached hydrogens (tertiary/aromatic N) is 1. The van der Waals surface area contributed by atoms with Crippen LogP contribution < -0.4 is 4.74 Å². The molecule has 2 saturated heterocycles. The van der Waals surface area contributed by atoms with Crippen molar-refractivity contribution in [1.29, 1.82) is 0 Å². The second kappa shape index (κ2) is 8.51. The van der Waals surface area contributed by atoms with Gasteiger partial charge in [0.15, 0.2) is 0 Å². The van der Waals surface area contributed by atoms with Crippen LogP contribution in [0.4, 0.5) is 4.39 Å². The molecule has 0 aromatic heterocycles. The summed E-state index contributed by atoms with van der Waals surface area (Å²) in [5.41, 5.74) is 1.08. The highest BCUT2D eigenvalue weighted by molar-refractivity contribution is 6.46. The van der Waals surface area contributed by atoms with Gasteiger partial charge in [0.2, 0.25) is 0 Å². The van der Waals surface area contributed by atoms with Crippen LogP contribution in [0.25, 0.3) is 5.76 Å². The van der Waals surface area contributed by atoms with E-state index in [1.165, 1.54) is 24.1 Å². The first kappa shape index (κ1) is 21.1. The fraction of sp³-hybridized carbons (Fsp3) is 0.333. The maximum atomic E-state index is 14.8. The molecule has 2 heterocycles. The van der Waals surface area contributed by atoms with E-state index in [2.05, 4.69) is 0 Å². The van der Waals surface area contributed by atoms with Gasteiger partial charge >= 0.3 is 0 Å². The number of hydrogen-bond donors (Lipinski definition) is 1. The Morgan fingerprint density at radius 3 is 2.68 bits per heavy atom. The average molecular weight is 425 g/mol. The van der Waals surface area contributed by atoms with E-state index in [-0.39, 0.29) is 29.5 Å². The van der Waals surface area contributed by atoms with Crippen molar-refractivity contribution in [3.05, 3.63) is 70.5 Å². The number of halogens is 1. The maximum absolute atomic E-state index is 14.8. The Morgan fingerprint density at radius 1 is 1.26 bits per heavy atom. The first-order chi connectivity index (χ1) is 14.9. The van der Waals surface area contributed by atoms with Crippen LogP contribution in [-0.4, -0.2) is 48.1 Å². The molecule has 162 valence electrons. The minimum Gasteiger partial charge on any atom is -0.507 e. The van der Waals surface area contributed by atoms with Crippen molar-refractivity contribution in [2.75, 3.05) is 20.3 Å². The second-order valence-electron chi connectivity index (χ2n) is 7.79. The number of aryl methyl sites for hydroxylation is 1. The van der Waals surface area contributed by atoms with Crippen LogP contribution in [0.5, 0.6) is 5.75 Å².